The van der Waals surface area contributed by atoms with Crippen LogP contribution in [0.15, 0.2) is 84.3 Å². The fraction of sp³-hybridized carbons (Fsp3) is 0.344. The lowest BCUT2D eigenvalue weighted by Gasteiger charge is -2.38. The first-order chi connectivity index (χ1) is 21.4. The van der Waals surface area contributed by atoms with E-state index in [1.165, 1.54) is 29.3 Å². The largest absolute Gasteiger partial charge is 0.444 e. The fourth-order valence-electron chi connectivity index (χ4n) is 5.03. The van der Waals surface area contributed by atoms with Gasteiger partial charge in [0.15, 0.2) is 0 Å². The Morgan fingerprint density at radius 1 is 0.933 bits per heavy atom. The van der Waals surface area contributed by atoms with Gasteiger partial charge in [0, 0.05) is 75.2 Å². The average Bonchev–Trinajstić information content (AvgIpc) is 3.03. The van der Waals surface area contributed by atoms with Crippen molar-refractivity contribution in [3.8, 4) is 5.75 Å². The van der Waals surface area contributed by atoms with Crippen molar-refractivity contribution >= 4 is 38.8 Å². The SMILES string of the molecule is CN(C(=O)OC(C)(C)C)[C@@H](Cc1ccc(OS(=O)(=O)c2cccc3cnccc23)cc1)C(=O)N1CCN(c2ncccn2)CC1. The van der Waals surface area contributed by atoms with E-state index in [0.29, 0.717) is 48.5 Å². The van der Waals surface area contributed by atoms with Gasteiger partial charge in [0.1, 0.15) is 22.3 Å². The predicted octanol–water partition coefficient (Wildman–Crippen LogP) is 3.92. The molecule has 0 N–H and O–H groups in total. The summed E-state index contributed by atoms with van der Waals surface area (Å²) in [5, 5.41) is 1.19. The number of fused-ring (bicyclic) bond motifs is 1. The van der Waals surface area contributed by atoms with E-state index in [0.717, 1.165) is 0 Å². The third-order valence-corrected chi connectivity index (χ3v) is 8.64. The summed E-state index contributed by atoms with van der Waals surface area (Å²) in [5.41, 5.74) is -0.0354. The maximum absolute atomic E-state index is 13.9. The quantitative estimate of drug-likeness (QED) is 0.263. The molecule has 0 saturated carbocycles. The zero-order chi connectivity index (χ0) is 32.2. The van der Waals surface area contributed by atoms with Gasteiger partial charge in [-0.15, -0.1) is 0 Å². The summed E-state index contributed by atoms with van der Waals surface area (Å²) in [5.74, 6) is 0.506. The summed E-state index contributed by atoms with van der Waals surface area (Å²) in [4.78, 5) is 44.7. The number of carbonyl (C=O) groups is 2. The molecular weight excluding hydrogens is 596 g/mol. The molecule has 0 unspecified atom stereocenters. The van der Waals surface area contributed by atoms with Crippen LogP contribution in [0.5, 0.6) is 5.75 Å². The molecule has 12 nitrogen and oxygen atoms in total. The second-order valence-corrected chi connectivity index (χ2v) is 13.2. The van der Waals surface area contributed by atoms with Gasteiger partial charge in [0.05, 0.1) is 0 Å². The van der Waals surface area contributed by atoms with Crippen LogP contribution >= 0.6 is 0 Å². The standard InChI is InChI=1S/C32H36N6O6S/c1-32(2,3)43-31(40)36(4)27(29(39)37-17-19-38(20-18-37)30-34-14-6-15-35-30)21-23-9-11-25(12-10-23)44-45(41,42)28-8-5-7-24-22-33-16-13-26(24)28/h5-16,22,27H,17-21H2,1-4H3/t27-/m0/s1. The number of carbonyl (C=O) groups excluding carboxylic acids is 2. The van der Waals surface area contributed by atoms with Crippen molar-refractivity contribution in [3.63, 3.8) is 0 Å². The summed E-state index contributed by atoms with van der Waals surface area (Å²) in [7, 11) is -2.59. The van der Waals surface area contributed by atoms with E-state index in [9.17, 15) is 18.0 Å². The lowest BCUT2D eigenvalue weighted by molar-refractivity contribution is -0.136. The van der Waals surface area contributed by atoms with E-state index in [4.69, 9.17) is 8.92 Å². The highest BCUT2D eigenvalue weighted by molar-refractivity contribution is 7.87. The van der Waals surface area contributed by atoms with Gasteiger partial charge in [0.2, 0.25) is 11.9 Å². The number of piperazine rings is 1. The molecule has 1 aliphatic rings. The van der Waals surface area contributed by atoms with Crippen LogP contribution < -0.4 is 9.08 Å². The molecule has 0 radical (unpaired) electrons. The number of amides is 2. The molecule has 1 atom stereocenters. The van der Waals surface area contributed by atoms with E-state index in [1.54, 1.807) is 87.7 Å². The van der Waals surface area contributed by atoms with Crippen molar-refractivity contribution in [1.82, 2.24) is 24.8 Å². The summed E-state index contributed by atoms with van der Waals surface area (Å²) in [6.07, 6.45) is 6.04. The number of hydrogen-bond acceptors (Lipinski definition) is 10. The topological polar surface area (TPSA) is 135 Å². The highest BCUT2D eigenvalue weighted by Crippen LogP contribution is 2.26. The van der Waals surface area contributed by atoms with Crippen LogP contribution in [-0.4, -0.2) is 90.0 Å². The number of pyridine rings is 1. The van der Waals surface area contributed by atoms with Crippen molar-refractivity contribution in [2.45, 2.75) is 43.7 Å². The van der Waals surface area contributed by atoms with Crippen molar-refractivity contribution in [1.29, 1.82) is 0 Å². The Labute approximate surface area is 262 Å². The third kappa shape index (κ3) is 7.66. The number of nitrogens with zero attached hydrogens (tertiary/aromatic N) is 6. The van der Waals surface area contributed by atoms with E-state index in [1.807, 2.05) is 4.90 Å². The molecule has 1 fully saturated rings. The van der Waals surface area contributed by atoms with Crippen molar-refractivity contribution in [2.24, 2.45) is 0 Å². The fourth-order valence-corrected chi connectivity index (χ4v) is 6.18. The molecule has 1 saturated heterocycles. The second-order valence-electron chi connectivity index (χ2n) is 11.7. The smallest absolute Gasteiger partial charge is 0.410 e. The van der Waals surface area contributed by atoms with E-state index >= 15 is 0 Å². The lowest BCUT2D eigenvalue weighted by atomic mass is 10.0. The minimum atomic E-state index is -4.14. The maximum atomic E-state index is 13.9. The number of hydrogen-bond donors (Lipinski definition) is 0. The first-order valence-corrected chi connectivity index (χ1v) is 15.9. The molecule has 45 heavy (non-hydrogen) atoms. The Morgan fingerprint density at radius 2 is 1.62 bits per heavy atom. The molecule has 2 aromatic carbocycles. The Kier molecular flexibility index (Phi) is 9.19. The van der Waals surface area contributed by atoms with Crippen LogP contribution in [0.2, 0.25) is 0 Å². The zero-order valence-corrected chi connectivity index (χ0v) is 26.5. The molecule has 2 aromatic heterocycles. The van der Waals surface area contributed by atoms with Gasteiger partial charge in [-0.3, -0.25) is 14.7 Å². The van der Waals surface area contributed by atoms with Crippen molar-refractivity contribution in [2.75, 3.05) is 38.1 Å². The Bertz CT molecular complexity index is 1750. The number of likely N-dealkylation sites (N-methyl/N-ethyl adjacent to an activating group) is 1. The normalized spacial score (nSPS) is 14.6. The second kappa shape index (κ2) is 13.1. The molecular formula is C32H36N6O6S. The molecule has 5 rings (SSSR count). The maximum Gasteiger partial charge on any atom is 0.410 e. The van der Waals surface area contributed by atoms with Gasteiger partial charge in [-0.2, -0.15) is 8.42 Å². The molecule has 0 aliphatic carbocycles. The lowest BCUT2D eigenvalue weighted by Crippen LogP contribution is -2.56. The average molecular weight is 633 g/mol. The third-order valence-electron chi connectivity index (χ3n) is 7.33. The van der Waals surface area contributed by atoms with Gasteiger partial charge >= 0.3 is 16.2 Å². The summed E-state index contributed by atoms with van der Waals surface area (Å²) < 4.78 is 37.4. The van der Waals surface area contributed by atoms with Gasteiger partial charge in [-0.1, -0.05) is 24.3 Å². The Morgan fingerprint density at radius 3 is 2.29 bits per heavy atom. The molecule has 4 aromatic rings. The minimum Gasteiger partial charge on any atom is -0.444 e. The molecule has 1 aliphatic heterocycles. The minimum absolute atomic E-state index is 0.0371. The number of ether oxygens (including phenoxy) is 1. The highest BCUT2D eigenvalue weighted by Gasteiger charge is 2.35. The Hall–Kier alpha value is -4.78. The monoisotopic (exact) mass is 632 g/mol. The van der Waals surface area contributed by atoms with Gasteiger partial charge in [-0.25, -0.2) is 14.8 Å². The van der Waals surface area contributed by atoms with Crippen LogP contribution in [0.25, 0.3) is 10.8 Å². The summed E-state index contributed by atoms with van der Waals surface area (Å²) >= 11 is 0. The first-order valence-electron chi connectivity index (χ1n) is 14.5. The molecule has 0 spiro atoms. The van der Waals surface area contributed by atoms with Gasteiger partial charge < -0.3 is 18.7 Å². The molecule has 0 bridgehead atoms. The van der Waals surface area contributed by atoms with E-state index < -0.39 is 27.9 Å². The molecule has 2 amide bonds. The van der Waals surface area contributed by atoms with Crippen LogP contribution in [0.4, 0.5) is 10.7 Å². The van der Waals surface area contributed by atoms with Gasteiger partial charge in [-0.05, 0) is 56.7 Å². The van der Waals surface area contributed by atoms with Crippen LogP contribution in [-0.2, 0) is 26.1 Å². The number of rotatable bonds is 8. The summed E-state index contributed by atoms with van der Waals surface area (Å²) in [6.45, 7) is 7.26. The van der Waals surface area contributed by atoms with E-state index in [-0.39, 0.29) is 23.0 Å². The number of benzene rings is 2. The summed E-state index contributed by atoms with van der Waals surface area (Å²) in [6, 6.07) is 13.9. The molecule has 3 heterocycles. The van der Waals surface area contributed by atoms with Crippen LogP contribution in [0, 0.1) is 0 Å². The number of anilines is 1. The Balaban J connectivity index is 1.32. The highest BCUT2D eigenvalue weighted by atomic mass is 32.2. The van der Waals surface area contributed by atoms with Crippen LogP contribution in [0.1, 0.15) is 26.3 Å². The molecule has 13 heteroatoms. The van der Waals surface area contributed by atoms with Crippen molar-refractivity contribution < 1.29 is 26.9 Å². The van der Waals surface area contributed by atoms with E-state index in [2.05, 4.69) is 15.0 Å². The predicted molar refractivity (Wildman–Crippen MR) is 168 cm³/mol. The molecule has 236 valence electrons. The van der Waals surface area contributed by atoms with Crippen LogP contribution in [0.3, 0.4) is 0 Å². The van der Waals surface area contributed by atoms with Gasteiger partial charge in [0.25, 0.3) is 0 Å². The zero-order valence-electron chi connectivity index (χ0n) is 25.7. The van der Waals surface area contributed by atoms with Crippen molar-refractivity contribution in [3.05, 3.63) is 84.9 Å². The first kappa shape index (κ1) is 31.6. The number of aromatic nitrogens is 3.